The van der Waals surface area contributed by atoms with Crippen LogP contribution < -0.4 is 0 Å². The summed E-state index contributed by atoms with van der Waals surface area (Å²) < 4.78 is 0. The molecule has 2 heterocycles. The maximum absolute atomic E-state index is 11.5. The molecule has 0 saturated heterocycles. The number of nitrogens with zero attached hydrogens (tertiary/aromatic N) is 2. The lowest BCUT2D eigenvalue weighted by Gasteiger charge is -2.28. The molecule has 0 fully saturated rings. The summed E-state index contributed by atoms with van der Waals surface area (Å²) in [6, 6.07) is 4.71. The summed E-state index contributed by atoms with van der Waals surface area (Å²) in [4.78, 5) is 28.8. The van der Waals surface area contributed by atoms with E-state index in [9.17, 15) is 9.59 Å². The Morgan fingerprint density at radius 3 is 2.81 bits per heavy atom. The molecule has 1 amide bonds. The van der Waals surface area contributed by atoms with Gasteiger partial charge in [-0.15, -0.1) is 0 Å². The predicted octanol–water partition coefficient (Wildman–Crippen LogP) is 2.49. The van der Waals surface area contributed by atoms with Crippen molar-refractivity contribution < 1.29 is 14.7 Å². The molecule has 1 N–H and O–H groups in total. The molecule has 0 saturated carbocycles. The Morgan fingerprint density at radius 1 is 1.38 bits per heavy atom. The molecule has 3 rings (SSSR count). The minimum Gasteiger partial charge on any atom is -0.478 e. The van der Waals surface area contributed by atoms with E-state index in [1.165, 1.54) is 19.1 Å². The van der Waals surface area contributed by atoms with Crippen molar-refractivity contribution in [3.8, 4) is 0 Å². The number of pyridine rings is 1. The molecule has 5 nitrogen and oxygen atoms in total. The number of carbonyl (C=O) groups is 2. The second-order valence-corrected chi connectivity index (χ2v) is 5.46. The fourth-order valence-corrected chi connectivity index (χ4v) is 2.92. The maximum atomic E-state index is 11.5. The van der Waals surface area contributed by atoms with Gasteiger partial charge in [0.2, 0.25) is 5.91 Å². The monoisotopic (exact) mass is 304 g/mol. The molecule has 0 unspecified atom stereocenters. The molecule has 1 aliphatic heterocycles. The molecule has 1 aromatic heterocycles. The van der Waals surface area contributed by atoms with Gasteiger partial charge in [0.15, 0.2) is 0 Å². The van der Waals surface area contributed by atoms with Gasteiger partial charge in [0.05, 0.1) is 16.1 Å². The van der Waals surface area contributed by atoms with E-state index in [0.29, 0.717) is 35.4 Å². The van der Waals surface area contributed by atoms with Gasteiger partial charge < -0.3 is 10.0 Å². The number of fused-ring (bicyclic) bond motifs is 2. The number of halogens is 1. The molecule has 0 radical (unpaired) electrons. The van der Waals surface area contributed by atoms with Crippen LogP contribution >= 0.6 is 11.6 Å². The number of amides is 1. The molecular weight excluding hydrogens is 292 g/mol. The van der Waals surface area contributed by atoms with E-state index in [1.54, 1.807) is 11.0 Å². The third-order valence-corrected chi connectivity index (χ3v) is 4.19. The summed E-state index contributed by atoms with van der Waals surface area (Å²) in [5, 5.41) is 10.3. The highest BCUT2D eigenvalue weighted by Crippen LogP contribution is 2.32. The normalized spacial score (nSPS) is 14.1. The van der Waals surface area contributed by atoms with Crippen LogP contribution in [0.25, 0.3) is 10.9 Å². The number of benzene rings is 1. The van der Waals surface area contributed by atoms with E-state index in [2.05, 4.69) is 4.98 Å². The van der Waals surface area contributed by atoms with Crippen LogP contribution in [0.5, 0.6) is 0 Å². The van der Waals surface area contributed by atoms with Crippen molar-refractivity contribution in [2.24, 2.45) is 0 Å². The van der Waals surface area contributed by atoms with E-state index in [4.69, 9.17) is 16.7 Å². The first kappa shape index (κ1) is 13.8. The quantitative estimate of drug-likeness (QED) is 0.878. The molecule has 2 aromatic rings. The van der Waals surface area contributed by atoms with Crippen LogP contribution in [0.2, 0.25) is 5.02 Å². The van der Waals surface area contributed by atoms with E-state index in [-0.39, 0.29) is 11.5 Å². The molecular formula is C15H13ClN2O3. The lowest BCUT2D eigenvalue weighted by molar-refractivity contribution is -0.129. The fourth-order valence-electron chi connectivity index (χ4n) is 2.59. The average molecular weight is 305 g/mol. The van der Waals surface area contributed by atoms with Crippen molar-refractivity contribution in [1.82, 2.24) is 9.88 Å². The fraction of sp³-hybridized carbons (Fsp3) is 0.267. The number of aromatic nitrogens is 1. The Balaban J connectivity index is 2.15. The van der Waals surface area contributed by atoms with Crippen molar-refractivity contribution in [3.63, 3.8) is 0 Å². The van der Waals surface area contributed by atoms with Crippen molar-refractivity contribution in [2.75, 3.05) is 6.54 Å². The molecule has 1 aliphatic rings. The first-order valence-corrected chi connectivity index (χ1v) is 6.95. The summed E-state index contributed by atoms with van der Waals surface area (Å²) in [6.07, 6.45) is 0.627. The summed E-state index contributed by atoms with van der Waals surface area (Å²) in [5.74, 6) is -0.978. The maximum Gasteiger partial charge on any atom is 0.335 e. The molecule has 21 heavy (non-hydrogen) atoms. The minimum atomic E-state index is -0.990. The number of hydrogen-bond acceptors (Lipinski definition) is 3. The highest BCUT2D eigenvalue weighted by molar-refractivity contribution is 6.36. The lowest BCUT2D eigenvalue weighted by Crippen LogP contribution is -2.34. The Hall–Kier alpha value is -2.14. The van der Waals surface area contributed by atoms with Crippen LogP contribution in [0.3, 0.4) is 0 Å². The van der Waals surface area contributed by atoms with Gasteiger partial charge in [0.25, 0.3) is 0 Å². The SMILES string of the molecule is CC(=O)N1CCc2nc3cc(C(=O)O)ccc3c(Cl)c2C1. The van der Waals surface area contributed by atoms with E-state index in [0.717, 1.165) is 11.3 Å². The summed E-state index contributed by atoms with van der Waals surface area (Å²) in [5.41, 5.74) is 2.46. The van der Waals surface area contributed by atoms with E-state index < -0.39 is 5.97 Å². The molecule has 1 aromatic carbocycles. The van der Waals surface area contributed by atoms with Gasteiger partial charge in [-0.2, -0.15) is 0 Å². The smallest absolute Gasteiger partial charge is 0.335 e. The lowest BCUT2D eigenvalue weighted by atomic mass is 10.0. The van der Waals surface area contributed by atoms with Crippen LogP contribution in [0.4, 0.5) is 0 Å². The molecule has 108 valence electrons. The van der Waals surface area contributed by atoms with Gasteiger partial charge in [0.1, 0.15) is 0 Å². The molecule has 0 bridgehead atoms. The second kappa shape index (κ2) is 5.00. The zero-order valence-electron chi connectivity index (χ0n) is 11.4. The number of carbonyl (C=O) groups excluding carboxylic acids is 1. The van der Waals surface area contributed by atoms with Crippen LogP contribution in [0, 0.1) is 0 Å². The van der Waals surface area contributed by atoms with Crippen LogP contribution in [0.15, 0.2) is 18.2 Å². The van der Waals surface area contributed by atoms with Crippen molar-refractivity contribution >= 4 is 34.4 Å². The highest BCUT2D eigenvalue weighted by atomic mass is 35.5. The number of carboxylic acid groups (broad SMARTS) is 1. The van der Waals surface area contributed by atoms with Gasteiger partial charge in [-0.05, 0) is 12.1 Å². The zero-order valence-corrected chi connectivity index (χ0v) is 12.1. The summed E-state index contributed by atoms with van der Waals surface area (Å²) in [7, 11) is 0. The Labute approximate surface area is 126 Å². The summed E-state index contributed by atoms with van der Waals surface area (Å²) in [6.45, 7) is 2.59. The van der Waals surface area contributed by atoms with Crippen LogP contribution in [0.1, 0.15) is 28.5 Å². The van der Waals surface area contributed by atoms with E-state index in [1.807, 2.05) is 0 Å². The Bertz CT molecular complexity index is 773. The molecule has 0 atom stereocenters. The number of hydrogen-bond donors (Lipinski definition) is 1. The third-order valence-electron chi connectivity index (χ3n) is 3.76. The number of carboxylic acids is 1. The Morgan fingerprint density at radius 2 is 2.14 bits per heavy atom. The molecule has 6 heteroatoms. The van der Waals surface area contributed by atoms with Crippen LogP contribution in [-0.2, 0) is 17.8 Å². The minimum absolute atomic E-state index is 0.0121. The second-order valence-electron chi connectivity index (χ2n) is 5.08. The van der Waals surface area contributed by atoms with Gasteiger partial charge in [0, 0.05) is 43.1 Å². The third kappa shape index (κ3) is 2.34. The predicted molar refractivity (Wildman–Crippen MR) is 78.5 cm³/mol. The van der Waals surface area contributed by atoms with Crippen molar-refractivity contribution in [2.45, 2.75) is 19.9 Å². The number of rotatable bonds is 1. The standard InChI is InChI=1S/C15H13ClN2O3/c1-8(19)18-5-4-12-11(7-18)14(16)10-3-2-9(15(20)21)6-13(10)17-12/h2-3,6H,4-5,7H2,1H3,(H,20,21). The van der Waals surface area contributed by atoms with Gasteiger partial charge >= 0.3 is 5.97 Å². The van der Waals surface area contributed by atoms with Crippen molar-refractivity contribution in [3.05, 3.63) is 40.0 Å². The van der Waals surface area contributed by atoms with Crippen LogP contribution in [-0.4, -0.2) is 33.4 Å². The van der Waals surface area contributed by atoms with Crippen molar-refractivity contribution in [1.29, 1.82) is 0 Å². The molecule has 0 spiro atoms. The first-order valence-electron chi connectivity index (χ1n) is 6.57. The highest BCUT2D eigenvalue weighted by Gasteiger charge is 2.23. The summed E-state index contributed by atoms with van der Waals surface area (Å²) >= 11 is 6.44. The van der Waals surface area contributed by atoms with E-state index >= 15 is 0 Å². The number of aromatic carboxylic acids is 1. The zero-order chi connectivity index (χ0) is 15.1. The Kier molecular flexibility index (Phi) is 3.29. The van der Waals surface area contributed by atoms with Gasteiger partial charge in [-0.25, -0.2) is 4.79 Å². The average Bonchev–Trinajstić information content (AvgIpc) is 2.46. The first-order chi connectivity index (χ1) is 9.97. The molecule has 0 aliphatic carbocycles. The topological polar surface area (TPSA) is 70.5 Å². The largest absolute Gasteiger partial charge is 0.478 e. The van der Waals surface area contributed by atoms with Gasteiger partial charge in [-0.1, -0.05) is 17.7 Å². The van der Waals surface area contributed by atoms with Gasteiger partial charge in [-0.3, -0.25) is 9.78 Å².